The maximum atomic E-state index is 12.8. The zero-order chi connectivity index (χ0) is 20.9. The van der Waals surface area contributed by atoms with Crippen molar-refractivity contribution in [1.82, 2.24) is 4.90 Å². The van der Waals surface area contributed by atoms with Crippen molar-refractivity contribution in [2.45, 2.75) is 37.5 Å². The van der Waals surface area contributed by atoms with Crippen LogP contribution in [0, 0.1) is 6.92 Å². The van der Waals surface area contributed by atoms with Crippen LogP contribution in [0.5, 0.6) is 0 Å². The van der Waals surface area contributed by atoms with Crippen LogP contribution in [-0.2, 0) is 14.6 Å². The number of carbonyl (C=O) groups is 2. The summed E-state index contributed by atoms with van der Waals surface area (Å²) in [6.45, 7) is 3.32. The van der Waals surface area contributed by atoms with E-state index in [1.165, 1.54) is 0 Å². The van der Waals surface area contributed by atoms with Crippen LogP contribution >= 0.6 is 0 Å². The van der Waals surface area contributed by atoms with Crippen LogP contribution in [0.15, 0.2) is 53.4 Å². The monoisotopic (exact) mass is 414 g/mol. The molecule has 1 aliphatic rings. The molecule has 0 bridgehead atoms. The third kappa shape index (κ3) is 5.44. The third-order valence-corrected chi connectivity index (χ3v) is 6.78. The highest BCUT2D eigenvalue weighted by Gasteiger charge is 2.22. The van der Waals surface area contributed by atoms with E-state index in [4.69, 9.17) is 0 Å². The summed E-state index contributed by atoms with van der Waals surface area (Å²) < 4.78 is 24.9. The smallest absolute Gasteiger partial charge is 0.255 e. The molecular weight excluding hydrogens is 388 g/mol. The average Bonchev–Trinajstić information content (AvgIpc) is 2.73. The van der Waals surface area contributed by atoms with Crippen molar-refractivity contribution >= 4 is 27.3 Å². The minimum absolute atomic E-state index is 0.104. The summed E-state index contributed by atoms with van der Waals surface area (Å²) in [6.07, 6.45) is 2.91. The maximum Gasteiger partial charge on any atom is 0.255 e. The molecule has 1 fully saturated rings. The number of likely N-dealkylation sites (tertiary alicyclic amines) is 1. The van der Waals surface area contributed by atoms with Crippen LogP contribution < -0.4 is 5.32 Å². The SMILES string of the molecule is Cc1ccc(S(=O)(=O)CCC(=O)Nc2ccccc2C(=O)N2CCCCC2)cc1. The Morgan fingerprint density at radius 3 is 2.31 bits per heavy atom. The molecule has 1 heterocycles. The zero-order valence-corrected chi connectivity index (χ0v) is 17.4. The van der Waals surface area contributed by atoms with Crippen molar-refractivity contribution in [3.8, 4) is 0 Å². The van der Waals surface area contributed by atoms with Gasteiger partial charge in [0.15, 0.2) is 9.84 Å². The number of hydrogen-bond acceptors (Lipinski definition) is 4. The molecule has 1 saturated heterocycles. The number of nitrogens with zero attached hydrogens (tertiary/aromatic N) is 1. The molecule has 0 unspecified atom stereocenters. The number of benzene rings is 2. The minimum atomic E-state index is -3.54. The lowest BCUT2D eigenvalue weighted by atomic mass is 10.1. The van der Waals surface area contributed by atoms with Gasteiger partial charge in [-0.05, 0) is 50.5 Å². The highest BCUT2D eigenvalue weighted by atomic mass is 32.2. The van der Waals surface area contributed by atoms with Crippen LogP contribution in [0.25, 0.3) is 0 Å². The van der Waals surface area contributed by atoms with Gasteiger partial charge in [0.2, 0.25) is 5.91 Å². The molecule has 0 aliphatic carbocycles. The van der Waals surface area contributed by atoms with E-state index in [0.29, 0.717) is 11.3 Å². The van der Waals surface area contributed by atoms with E-state index in [0.717, 1.165) is 37.9 Å². The summed E-state index contributed by atoms with van der Waals surface area (Å²) >= 11 is 0. The number of para-hydroxylation sites is 1. The quantitative estimate of drug-likeness (QED) is 0.785. The Morgan fingerprint density at radius 2 is 1.62 bits per heavy atom. The normalized spacial score (nSPS) is 14.4. The summed E-state index contributed by atoms with van der Waals surface area (Å²) in [5.41, 5.74) is 1.82. The number of hydrogen-bond donors (Lipinski definition) is 1. The molecule has 154 valence electrons. The van der Waals surface area contributed by atoms with Crippen LogP contribution in [0.1, 0.15) is 41.6 Å². The summed E-state index contributed by atoms with van der Waals surface area (Å²) in [7, 11) is -3.54. The number of piperidine rings is 1. The van der Waals surface area contributed by atoms with Gasteiger partial charge in [0, 0.05) is 19.5 Å². The molecule has 1 N–H and O–H groups in total. The molecule has 0 atom stereocenters. The van der Waals surface area contributed by atoms with Crippen molar-refractivity contribution in [3.63, 3.8) is 0 Å². The van der Waals surface area contributed by atoms with Crippen LogP contribution in [-0.4, -0.2) is 44.0 Å². The summed E-state index contributed by atoms with van der Waals surface area (Å²) in [4.78, 5) is 27.2. The number of nitrogens with one attached hydrogen (secondary N) is 1. The van der Waals surface area contributed by atoms with Gasteiger partial charge in [-0.15, -0.1) is 0 Å². The van der Waals surface area contributed by atoms with E-state index in [9.17, 15) is 18.0 Å². The second-order valence-electron chi connectivity index (χ2n) is 7.33. The Labute approximate surface area is 171 Å². The van der Waals surface area contributed by atoms with Crippen LogP contribution in [0.4, 0.5) is 5.69 Å². The number of rotatable bonds is 6. The van der Waals surface area contributed by atoms with Gasteiger partial charge in [0.05, 0.1) is 21.9 Å². The lowest BCUT2D eigenvalue weighted by molar-refractivity contribution is -0.115. The molecular formula is C22H26N2O4S. The molecule has 2 amide bonds. The summed E-state index contributed by atoms with van der Waals surface area (Å²) in [5.74, 6) is -0.822. The molecule has 7 heteroatoms. The fourth-order valence-electron chi connectivity index (χ4n) is 3.35. The van der Waals surface area contributed by atoms with E-state index < -0.39 is 15.7 Å². The Kier molecular flexibility index (Phi) is 6.69. The molecule has 29 heavy (non-hydrogen) atoms. The first-order chi connectivity index (χ1) is 13.9. The summed E-state index contributed by atoms with van der Waals surface area (Å²) in [6, 6.07) is 13.4. The van der Waals surface area contributed by atoms with Gasteiger partial charge in [-0.2, -0.15) is 0 Å². The van der Waals surface area contributed by atoms with E-state index >= 15 is 0 Å². The molecule has 2 aromatic rings. The lowest BCUT2D eigenvalue weighted by Gasteiger charge is -2.27. The first-order valence-corrected chi connectivity index (χ1v) is 11.5. The first kappa shape index (κ1) is 21.0. The molecule has 0 radical (unpaired) electrons. The predicted molar refractivity (Wildman–Crippen MR) is 113 cm³/mol. The van der Waals surface area contributed by atoms with Gasteiger partial charge in [-0.25, -0.2) is 8.42 Å². The second kappa shape index (κ2) is 9.22. The fourth-order valence-corrected chi connectivity index (χ4v) is 4.59. The Hall–Kier alpha value is -2.67. The van der Waals surface area contributed by atoms with Crippen molar-refractivity contribution in [3.05, 3.63) is 59.7 Å². The van der Waals surface area contributed by atoms with E-state index in [1.807, 2.05) is 6.92 Å². The van der Waals surface area contributed by atoms with Crippen molar-refractivity contribution in [2.24, 2.45) is 0 Å². The van der Waals surface area contributed by atoms with Gasteiger partial charge < -0.3 is 10.2 Å². The molecule has 0 spiro atoms. The predicted octanol–water partition coefficient (Wildman–Crippen LogP) is 3.42. The zero-order valence-electron chi connectivity index (χ0n) is 16.6. The molecule has 0 aromatic heterocycles. The Bertz CT molecular complexity index is 978. The second-order valence-corrected chi connectivity index (χ2v) is 9.44. The van der Waals surface area contributed by atoms with Crippen molar-refractivity contribution in [2.75, 3.05) is 24.2 Å². The van der Waals surface area contributed by atoms with Gasteiger partial charge in [0.25, 0.3) is 5.91 Å². The number of aryl methyl sites for hydroxylation is 1. The standard InChI is InChI=1S/C22H26N2O4S/c1-17-9-11-18(12-10-17)29(27,28)16-13-21(25)23-20-8-4-3-7-19(20)22(26)24-14-5-2-6-15-24/h3-4,7-12H,2,5-6,13-16H2,1H3,(H,23,25). The van der Waals surface area contributed by atoms with E-state index in [-0.39, 0.29) is 23.0 Å². The highest BCUT2D eigenvalue weighted by molar-refractivity contribution is 7.91. The number of sulfone groups is 1. The first-order valence-electron chi connectivity index (χ1n) is 9.84. The van der Waals surface area contributed by atoms with Gasteiger partial charge in [0.1, 0.15) is 0 Å². The average molecular weight is 415 g/mol. The number of amides is 2. The summed E-state index contributed by atoms with van der Waals surface area (Å²) in [5, 5.41) is 2.71. The van der Waals surface area contributed by atoms with E-state index in [2.05, 4.69) is 5.32 Å². The topological polar surface area (TPSA) is 83.5 Å². The molecule has 3 rings (SSSR count). The number of anilines is 1. The largest absolute Gasteiger partial charge is 0.339 e. The minimum Gasteiger partial charge on any atom is -0.339 e. The molecule has 2 aromatic carbocycles. The van der Waals surface area contributed by atoms with Crippen LogP contribution in [0.3, 0.4) is 0 Å². The maximum absolute atomic E-state index is 12.8. The molecule has 0 saturated carbocycles. The number of carbonyl (C=O) groups excluding carboxylic acids is 2. The van der Waals surface area contributed by atoms with Crippen molar-refractivity contribution in [1.29, 1.82) is 0 Å². The van der Waals surface area contributed by atoms with E-state index in [1.54, 1.807) is 53.4 Å². The van der Waals surface area contributed by atoms with Gasteiger partial charge in [-0.3, -0.25) is 9.59 Å². The van der Waals surface area contributed by atoms with Gasteiger partial charge in [-0.1, -0.05) is 29.8 Å². The van der Waals surface area contributed by atoms with Crippen LogP contribution in [0.2, 0.25) is 0 Å². The Morgan fingerprint density at radius 1 is 0.966 bits per heavy atom. The molecule has 1 aliphatic heterocycles. The Balaban J connectivity index is 1.65. The molecule has 6 nitrogen and oxygen atoms in total. The fraction of sp³-hybridized carbons (Fsp3) is 0.364. The lowest BCUT2D eigenvalue weighted by Crippen LogP contribution is -2.36. The highest BCUT2D eigenvalue weighted by Crippen LogP contribution is 2.20. The third-order valence-electron chi connectivity index (χ3n) is 5.05. The van der Waals surface area contributed by atoms with Gasteiger partial charge >= 0.3 is 0 Å². The van der Waals surface area contributed by atoms with Crippen molar-refractivity contribution < 1.29 is 18.0 Å².